The number of aryl methyl sites for hydroxylation is 2. The van der Waals surface area contributed by atoms with Crippen LogP contribution in [-0.4, -0.2) is 31.5 Å². The molecule has 2 aromatic heterocycles. The molecule has 0 atom stereocenters. The van der Waals surface area contributed by atoms with Crippen LogP contribution in [0.25, 0.3) is 17.0 Å². The molecule has 1 N–H and O–H groups in total. The first-order valence-electron chi connectivity index (χ1n) is 8.98. The van der Waals surface area contributed by atoms with E-state index in [2.05, 4.69) is 20.6 Å². The summed E-state index contributed by atoms with van der Waals surface area (Å²) < 4.78 is 14.8. The Balaban J connectivity index is 1.49. The van der Waals surface area contributed by atoms with Gasteiger partial charge in [-0.25, -0.2) is 4.39 Å². The zero-order valence-corrected chi connectivity index (χ0v) is 16.7. The van der Waals surface area contributed by atoms with E-state index in [0.717, 1.165) is 16.8 Å². The minimum atomic E-state index is -0.318. The van der Waals surface area contributed by atoms with E-state index in [9.17, 15) is 9.18 Å². The predicted molar refractivity (Wildman–Crippen MR) is 111 cm³/mol. The molecule has 0 aliphatic carbocycles. The molecular weight excluding hydrogens is 389 g/mol. The normalized spacial score (nSPS) is 11.0. The maximum Gasteiger partial charge on any atom is 0.234 e. The van der Waals surface area contributed by atoms with E-state index < -0.39 is 0 Å². The van der Waals surface area contributed by atoms with E-state index in [1.807, 2.05) is 32.0 Å². The SMILES string of the molecule is Cc1ccc(NC(=O)CSc2ccc3nnc(-c4ccc(F)cc4)n3n2)c(C)c1. The number of rotatable bonds is 5. The van der Waals surface area contributed by atoms with Gasteiger partial charge in [0.15, 0.2) is 11.5 Å². The molecule has 0 spiro atoms. The van der Waals surface area contributed by atoms with Crippen molar-refractivity contribution in [3.8, 4) is 11.4 Å². The molecular formula is C21H18FN5OS. The van der Waals surface area contributed by atoms with E-state index in [0.29, 0.717) is 22.1 Å². The first kappa shape index (κ1) is 19.1. The Morgan fingerprint density at radius 1 is 1.07 bits per heavy atom. The van der Waals surface area contributed by atoms with Crippen LogP contribution >= 0.6 is 11.8 Å². The van der Waals surface area contributed by atoms with Crippen molar-refractivity contribution >= 4 is 29.0 Å². The van der Waals surface area contributed by atoms with Gasteiger partial charge >= 0.3 is 0 Å². The van der Waals surface area contributed by atoms with Gasteiger partial charge in [-0.15, -0.1) is 10.2 Å². The van der Waals surface area contributed by atoms with Gasteiger partial charge in [-0.1, -0.05) is 29.5 Å². The Kier molecular flexibility index (Phi) is 5.26. The second kappa shape index (κ2) is 8.00. The molecule has 2 aromatic carbocycles. The van der Waals surface area contributed by atoms with Gasteiger partial charge < -0.3 is 5.32 Å². The molecule has 0 aliphatic rings. The number of thioether (sulfide) groups is 1. The third-order valence-electron chi connectivity index (χ3n) is 4.35. The highest BCUT2D eigenvalue weighted by Gasteiger charge is 2.12. The number of anilines is 1. The second-order valence-corrected chi connectivity index (χ2v) is 7.62. The van der Waals surface area contributed by atoms with Gasteiger partial charge in [0.2, 0.25) is 5.91 Å². The summed E-state index contributed by atoms with van der Waals surface area (Å²) in [5.41, 5.74) is 4.27. The Bertz CT molecular complexity index is 1190. The third kappa shape index (κ3) is 4.27. The number of hydrogen-bond acceptors (Lipinski definition) is 5. The fourth-order valence-corrected chi connectivity index (χ4v) is 3.56. The molecule has 1 amide bonds. The summed E-state index contributed by atoms with van der Waals surface area (Å²) in [5.74, 6) is 0.315. The van der Waals surface area contributed by atoms with E-state index in [1.54, 1.807) is 28.8 Å². The van der Waals surface area contributed by atoms with Gasteiger partial charge in [-0.2, -0.15) is 9.61 Å². The van der Waals surface area contributed by atoms with E-state index >= 15 is 0 Å². The average molecular weight is 407 g/mol. The van der Waals surface area contributed by atoms with Gasteiger partial charge in [-0.3, -0.25) is 4.79 Å². The van der Waals surface area contributed by atoms with Crippen LogP contribution in [0, 0.1) is 19.7 Å². The number of nitrogens with one attached hydrogen (secondary N) is 1. The Morgan fingerprint density at radius 2 is 1.86 bits per heavy atom. The molecule has 0 unspecified atom stereocenters. The number of aromatic nitrogens is 4. The minimum absolute atomic E-state index is 0.105. The lowest BCUT2D eigenvalue weighted by molar-refractivity contribution is -0.113. The van der Waals surface area contributed by atoms with Crippen molar-refractivity contribution in [1.82, 2.24) is 19.8 Å². The molecule has 0 saturated carbocycles. The number of carbonyl (C=O) groups excluding carboxylic acids is 1. The van der Waals surface area contributed by atoms with Crippen LogP contribution in [0.4, 0.5) is 10.1 Å². The molecule has 0 fully saturated rings. The first-order valence-corrected chi connectivity index (χ1v) is 9.96. The lowest BCUT2D eigenvalue weighted by atomic mass is 10.1. The fourth-order valence-electron chi connectivity index (χ4n) is 2.91. The Morgan fingerprint density at radius 3 is 2.62 bits per heavy atom. The minimum Gasteiger partial charge on any atom is -0.325 e. The van der Waals surface area contributed by atoms with Gasteiger partial charge in [0.05, 0.1) is 5.75 Å². The lowest BCUT2D eigenvalue weighted by Crippen LogP contribution is -2.15. The summed E-state index contributed by atoms with van der Waals surface area (Å²) >= 11 is 1.32. The third-order valence-corrected chi connectivity index (χ3v) is 5.27. The van der Waals surface area contributed by atoms with Crippen molar-refractivity contribution in [3.63, 3.8) is 0 Å². The topological polar surface area (TPSA) is 72.2 Å². The number of fused-ring (bicyclic) bond motifs is 1. The van der Waals surface area contributed by atoms with Crippen LogP contribution < -0.4 is 5.32 Å². The summed E-state index contributed by atoms with van der Waals surface area (Å²) in [7, 11) is 0. The smallest absolute Gasteiger partial charge is 0.234 e. The lowest BCUT2D eigenvalue weighted by Gasteiger charge is -2.09. The standard InChI is InChI=1S/C21H18FN5OS/c1-13-3-8-17(14(2)11-13)23-19(28)12-29-20-10-9-18-24-25-21(27(18)26-20)15-4-6-16(22)7-5-15/h3-11H,12H2,1-2H3,(H,23,28). The molecule has 29 heavy (non-hydrogen) atoms. The molecule has 0 aliphatic heterocycles. The first-order chi connectivity index (χ1) is 14.0. The molecule has 0 bridgehead atoms. The van der Waals surface area contributed by atoms with Crippen LogP contribution in [0.1, 0.15) is 11.1 Å². The van der Waals surface area contributed by atoms with E-state index in [-0.39, 0.29) is 17.5 Å². The summed E-state index contributed by atoms with van der Waals surface area (Å²) in [6.45, 7) is 3.98. The number of benzene rings is 2. The van der Waals surface area contributed by atoms with Crippen LogP contribution in [-0.2, 0) is 4.79 Å². The maximum absolute atomic E-state index is 13.2. The number of halogens is 1. The van der Waals surface area contributed by atoms with E-state index in [4.69, 9.17) is 0 Å². The maximum atomic E-state index is 13.2. The monoisotopic (exact) mass is 407 g/mol. The van der Waals surface area contributed by atoms with Gasteiger partial charge in [0.1, 0.15) is 10.8 Å². The van der Waals surface area contributed by atoms with Gasteiger partial charge in [-0.05, 0) is 61.9 Å². The largest absolute Gasteiger partial charge is 0.325 e. The van der Waals surface area contributed by atoms with E-state index in [1.165, 1.54) is 23.9 Å². The highest BCUT2D eigenvalue weighted by Crippen LogP contribution is 2.22. The van der Waals surface area contributed by atoms with Crippen molar-refractivity contribution < 1.29 is 9.18 Å². The van der Waals surface area contributed by atoms with Crippen LogP contribution in [0.15, 0.2) is 59.6 Å². The van der Waals surface area contributed by atoms with Crippen molar-refractivity contribution in [2.45, 2.75) is 18.9 Å². The molecule has 4 aromatic rings. The fraction of sp³-hybridized carbons (Fsp3) is 0.143. The number of hydrogen-bond donors (Lipinski definition) is 1. The molecule has 0 saturated heterocycles. The molecule has 146 valence electrons. The summed E-state index contributed by atoms with van der Waals surface area (Å²) in [6.07, 6.45) is 0. The van der Waals surface area contributed by atoms with Crippen molar-refractivity contribution in [3.05, 3.63) is 71.5 Å². The molecule has 4 rings (SSSR count). The summed E-state index contributed by atoms with van der Waals surface area (Å²) in [6, 6.07) is 15.5. The quantitative estimate of drug-likeness (QED) is 0.500. The number of amides is 1. The van der Waals surface area contributed by atoms with Gasteiger partial charge in [0, 0.05) is 11.3 Å². The zero-order valence-electron chi connectivity index (χ0n) is 15.9. The van der Waals surface area contributed by atoms with Crippen molar-refractivity contribution in [2.75, 3.05) is 11.1 Å². The highest BCUT2D eigenvalue weighted by atomic mass is 32.2. The molecule has 8 heteroatoms. The average Bonchev–Trinajstić information content (AvgIpc) is 3.12. The Hall–Kier alpha value is -3.26. The zero-order chi connectivity index (χ0) is 20.4. The van der Waals surface area contributed by atoms with Crippen molar-refractivity contribution in [2.24, 2.45) is 0 Å². The molecule has 6 nitrogen and oxygen atoms in total. The Labute approximate surface area is 171 Å². The summed E-state index contributed by atoms with van der Waals surface area (Å²) in [5, 5.41) is 16.4. The van der Waals surface area contributed by atoms with Crippen LogP contribution in [0.2, 0.25) is 0 Å². The van der Waals surface area contributed by atoms with Crippen LogP contribution in [0.5, 0.6) is 0 Å². The highest BCUT2D eigenvalue weighted by molar-refractivity contribution is 7.99. The van der Waals surface area contributed by atoms with Crippen molar-refractivity contribution in [1.29, 1.82) is 0 Å². The van der Waals surface area contributed by atoms with Crippen LogP contribution in [0.3, 0.4) is 0 Å². The molecule has 2 heterocycles. The summed E-state index contributed by atoms with van der Waals surface area (Å²) in [4.78, 5) is 12.3. The number of nitrogens with zero attached hydrogens (tertiary/aromatic N) is 4. The van der Waals surface area contributed by atoms with Gasteiger partial charge in [0.25, 0.3) is 0 Å². The second-order valence-electron chi connectivity index (χ2n) is 6.63. The molecule has 0 radical (unpaired) electrons. The predicted octanol–water partition coefficient (Wildman–Crippen LogP) is 4.28. The number of carbonyl (C=O) groups is 1.